The lowest BCUT2D eigenvalue weighted by Crippen LogP contribution is -2.48. The highest BCUT2D eigenvalue weighted by Gasteiger charge is 2.41. The first-order chi connectivity index (χ1) is 12.7. The molecule has 0 aliphatic heterocycles. The number of phenolic OH excluding ortho intramolecular Hbond substituents is 1. The SMILES string of the molecule is COC(=O)[C@H](Cc1ccc(Oc2ccc(O)cc2)cc1)NC(=O)C(F)(F)F. The van der Waals surface area contributed by atoms with Crippen molar-refractivity contribution in [2.75, 3.05) is 7.11 Å². The number of methoxy groups -OCH3 is 1. The third-order valence-electron chi connectivity index (χ3n) is 3.48. The number of esters is 1. The van der Waals surface area contributed by atoms with Crippen molar-refractivity contribution < 1.29 is 37.3 Å². The van der Waals surface area contributed by atoms with E-state index in [1.54, 1.807) is 41.7 Å². The van der Waals surface area contributed by atoms with Crippen molar-refractivity contribution in [3.63, 3.8) is 0 Å². The standard InChI is InChI=1S/C18H16F3NO5/c1-26-16(24)15(22-17(25)18(19,20)21)10-11-2-6-13(7-3-11)27-14-8-4-12(23)5-9-14/h2-9,15,23H,10H2,1H3,(H,22,25)/t15-/m0/s1. The first kappa shape index (κ1) is 20.1. The third kappa shape index (κ3) is 5.91. The number of carbonyl (C=O) groups excluding carboxylic acids is 2. The summed E-state index contributed by atoms with van der Waals surface area (Å²) in [6, 6.07) is 10.8. The zero-order valence-corrected chi connectivity index (χ0v) is 14.1. The molecule has 2 N–H and O–H groups in total. The van der Waals surface area contributed by atoms with Gasteiger partial charge in [-0.1, -0.05) is 12.1 Å². The summed E-state index contributed by atoms with van der Waals surface area (Å²) in [5.74, 6) is -2.20. The van der Waals surface area contributed by atoms with Crippen molar-refractivity contribution >= 4 is 11.9 Å². The summed E-state index contributed by atoms with van der Waals surface area (Å²) in [5.41, 5.74) is 0.492. The lowest BCUT2D eigenvalue weighted by molar-refractivity contribution is -0.175. The molecule has 2 aromatic carbocycles. The molecule has 27 heavy (non-hydrogen) atoms. The van der Waals surface area contributed by atoms with Crippen molar-refractivity contribution in [2.24, 2.45) is 0 Å². The number of aromatic hydroxyl groups is 1. The van der Waals surface area contributed by atoms with E-state index in [9.17, 15) is 27.9 Å². The van der Waals surface area contributed by atoms with Crippen molar-refractivity contribution in [3.8, 4) is 17.2 Å². The normalized spacial score (nSPS) is 12.1. The van der Waals surface area contributed by atoms with Gasteiger partial charge < -0.3 is 19.9 Å². The number of nitrogens with one attached hydrogen (secondary N) is 1. The molecule has 0 fully saturated rings. The fourth-order valence-corrected chi connectivity index (χ4v) is 2.16. The van der Waals surface area contributed by atoms with Crippen molar-refractivity contribution in [3.05, 3.63) is 54.1 Å². The van der Waals surface area contributed by atoms with Gasteiger partial charge in [-0.25, -0.2) is 4.79 Å². The van der Waals surface area contributed by atoms with Crippen molar-refractivity contribution in [1.29, 1.82) is 0 Å². The van der Waals surface area contributed by atoms with Crippen LogP contribution in [-0.2, 0) is 20.7 Å². The Morgan fingerprint density at radius 3 is 2.04 bits per heavy atom. The molecule has 2 rings (SSSR count). The average molecular weight is 383 g/mol. The second-order valence-electron chi connectivity index (χ2n) is 5.49. The minimum absolute atomic E-state index is 0.0902. The number of rotatable bonds is 6. The van der Waals surface area contributed by atoms with Crippen LogP contribution in [0, 0.1) is 0 Å². The summed E-state index contributed by atoms with van der Waals surface area (Å²) in [6.45, 7) is 0. The molecule has 0 saturated carbocycles. The molecule has 1 amide bonds. The molecule has 0 radical (unpaired) electrons. The van der Waals surface area contributed by atoms with Gasteiger partial charge in [0.25, 0.3) is 0 Å². The fourth-order valence-electron chi connectivity index (χ4n) is 2.16. The van der Waals surface area contributed by atoms with E-state index in [1.165, 1.54) is 12.1 Å². The van der Waals surface area contributed by atoms with Gasteiger partial charge in [0.15, 0.2) is 0 Å². The van der Waals surface area contributed by atoms with E-state index in [0.29, 0.717) is 17.1 Å². The minimum Gasteiger partial charge on any atom is -0.508 e. The molecule has 0 aliphatic rings. The van der Waals surface area contributed by atoms with Gasteiger partial charge in [-0.05, 0) is 42.0 Å². The van der Waals surface area contributed by atoms with Gasteiger partial charge in [0, 0.05) is 6.42 Å². The van der Waals surface area contributed by atoms with Crippen molar-refractivity contribution in [1.82, 2.24) is 5.32 Å². The molecule has 0 aliphatic carbocycles. The van der Waals surface area contributed by atoms with E-state index in [2.05, 4.69) is 4.74 Å². The third-order valence-corrected chi connectivity index (χ3v) is 3.48. The molecule has 0 heterocycles. The minimum atomic E-state index is -5.10. The maximum absolute atomic E-state index is 12.4. The van der Waals surface area contributed by atoms with Crippen LogP contribution in [0.25, 0.3) is 0 Å². The molecule has 0 saturated heterocycles. The Bertz CT molecular complexity index is 788. The molecular formula is C18H16F3NO5. The topological polar surface area (TPSA) is 84.9 Å². The van der Waals surface area contributed by atoms with Crippen LogP contribution in [0.5, 0.6) is 17.2 Å². The number of ether oxygens (including phenoxy) is 2. The summed E-state index contributed by atoms with van der Waals surface area (Å²) in [4.78, 5) is 22.8. The highest BCUT2D eigenvalue weighted by atomic mass is 19.4. The quantitative estimate of drug-likeness (QED) is 0.750. The van der Waals surface area contributed by atoms with Crippen molar-refractivity contribution in [2.45, 2.75) is 18.6 Å². The maximum atomic E-state index is 12.4. The predicted octanol–water partition coefficient (Wildman–Crippen LogP) is 2.95. The molecule has 9 heteroatoms. The lowest BCUT2D eigenvalue weighted by atomic mass is 10.1. The summed E-state index contributed by atoms with van der Waals surface area (Å²) in [7, 11) is 1.02. The first-order valence-electron chi connectivity index (χ1n) is 7.70. The Labute approximate surface area is 152 Å². The summed E-state index contributed by atoms with van der Waals surface area (Å²) in [6.07, 6.45) is -5.29. The molecular weight excluding hydrogens is 367 g/mol. The highest BCUT2D eigenvalue weighted by Crippen LogP contribution is 2.24. The van der Waals surface area contributed by atoms with Gasteiger partial charge in [-0.2, -0.15) is 13.2 Å². The molecule has 144 valence electrons. The summed E-state index contributed by atoms with van der Waals surface area (Å²) in [5, 5.41) is 10.8. The molecule has 0 aromatic heterocycles. The largest absolute Gasteiger partial charge is 0.508 e. The smallest absolute Gasteiger partial charge is 0.471 e. The second kappa shape index (κ2) is 8.43. The van der Waals surface area contributed by atoms with E-state index in [4.69, 9.17) is 4.74 Å². The molecule has 1 atom stereocenters. The Balaban J connectivity index is 2.06. The Hall–Kier alpha value is -3.23. The number of halogens is 3. The first-order valence-corrected chi connectivity index (χ1v) is 7.70. The number of carbonyl (C=O) groups is 2. The molecule has 0 spiro atoms. The predicted molar refractivity (Wildman–Crippen MR) is 88.3 cm³/mol. The number of benzene rings is 2. The number of hydrogen-bond donors (Lipinski definition) is 2. The van der Waals surface area contributed by atoms with Gasteiger partial charge in [0.05, 0.1) is 7.11 Å². The van der Waals surface area contributed by atoms with Gasteiger partial charge in [0.1, 0.15) is 23.3 Å². The van der Waals surface area contributed by atoms with Gasteiger partial charge in [0.2, 0.25) is 0 Å². The van der Waals surface area contributed by atoms with Crippen LogP contribution in [0.1, 0.15) is 5.56 Å². The van der Waals surface area contributed by atoms with Crippen LogP contribution in [-0.4, -0.2) is 36.3 Å². The zero-order chi connectivity index (χ0) is 20.0. The van der Waals surface area contributed by atoms with Crippen LogP contribution in [0.3, 0.4) is 0 Å². The number of amides is 1. The average Bonchev–Trinajstić information content (AvgIpc) is 2.63. The number of alkyl halides is 3. The summed E-state index contributed by atoms with van der Waals surface area (Å²) >= 11 is 0. The monoisotopic (exact) mass is 383 g/mol. The molecule has 0 unspecified atom stereocenters. The van der Waals surface area contributed by atoms with Crippen LogP contribution in [0.2, 0.25) is 0 Å². The Kier molecular flexibility index (Phi) is 6.27. The maximum Gasteiger partial charge on any atom is 0.471 e. The molecule has 6 nitrogen and oxygen atoms in total. The second-order valence-corrected chi connectivity index (χ2v) is 5.49. The Morgan fingerprint density at radius 2 is 1.56 bits per heavy atom. The van der Waals surface area contributed by atoms with E-state index >= 15 is 0 Å². The molecule has 2 aromatic rings. The fraction of sp³-hybridized carbons (Fsp3) is 0.222. The lowest BCUT2D eigenvalue weighted by Gasteiger charge is -2.17. The van der Waals surface area contributed by atoms with E-state index in [-0.39, 0.29) is 12.2 Å². The van der Waals surface area contributed by atoms with Crippen LogP contribution in [0.4, 0.5) is 13.2 Å². The van der Waals surface area contributed by atoms with E-state index in [1.807, 2.05) is 0 Å². The zero-order valence-electron chi connectivity index (χ0n) is 14.1. The van der Waals surface area contributed by atoms with Crippen LogP contribution < -0.4 is 10.1 Å². The summed E-state index contributed by atoms with van der Waals surface area (Å²) < 4.78 is 47.2. The van der Waals surface area contributed by atoms with Gasteiger partial charge in [-0.3, -0.25) is 4.79 Å². The molecule has 0 bridgehead atoms. The number of hydrogen-bond acceptors (Lipinski definition) is 5. The van der Waals surface area contributed by atoms with Crippen LogP contribution >= 0.6 is 0 Å². The number of phenols is 1. The van der Waals surface area contributed by atoms with E-state index < -0.39 is 24.1 Å². The van der Waals surface area contributed by atoms with Gasteiger partial charge >= 0.3 is 18.1 Å². The van der Waals surface area contributed by atoms with Crippen LogP contribution in [0.15, 0.2) is 48.5 Å². The van der Waals surface area contributed by atoms with Gasteiger partial charge in [-0.15, -0.1) is 0 Å². The highest BCUT2D eigenvalue weighted by molar-refractivity contribution is 5.87. The Morgan fingerprint density at radius 1 is 1.04 bits per heavy atom. The van der Waals surface area contributed by atoms with E-state index in [0.717, 1.165) is 7.11 Å².